The molecule has 21 heavy (non-hydrogen) atoms. The number of nitrogens with zero attached hydrogens (tertiary/aromatic N) is 1. The molecule has 1 aliphatic rings. The molecule has 1 fully saturated rings. The third-order valence-electron chi connectivity index (χ3n) is 3.96. The molecule has 0 aromatic heterocycles. The van der Waals surface area contributed by atoms with Crippen molar-refractivity contribution in [1.29, 1.82) is 0 Å². The Hall–Kier alpha value is -0.950. The second kappa shape index (κ2) is 6.44. The highest BCUT2D eigenvalue weighted by molar-refractivity contribution is 7.89. The molecule has 1 aromatic carbocycles. The normalized spacial score (nSPS) is 26.6. The Morgan fingerprint density at radius 1 is 1.29 bits per heavy atom. The fourth-order valence-electron chi connectivity index (χ4n) is 2.68. The van der Waals surface area contributed by atoms with Crippen molar-refractivity contribution in [3.63, 3.8) is 0 Å². The van der Waals surface area contributed by atoms with Crippen molar-refractivity contribution >= 4 is 10.0 Å². The van der Waals surface area contributed by atoms with Gasteiger partial charge in [0.25, 0.3) is 0 Å². The van der Waals surface area contributed by atoms with Crippen LogP contribution in [0.1, 0.15) is 31.7 Å². The molecule has 1 saturated heterocycles. The summed E-state index contributed by atoms with van der Waals surface area (Å²) in [6.07, 6.45) is 0.917. The zero-order valence-corrected chi connectivity index (χ0v) is 13.5. The van der Waals surface area contributed by atoms with E-state index in [9.17, 15) is 13.5 Å². The molecule has 1 aromatic rings. The van der Waals surface area contributed by atoms with Crippen LogP contribution in [-0.2, 0) is 14.8 Å². The molecule has 3 atom stereocenters. The monoisotopic (exact) mass is 313 g/mol. The van der Waals surface area contributed by atoms with E-state index in [4.69, 9.17) is 4.74 Å². The van der Waals surface area contributed by atoms with Crippen molar-refractivity contribution in [3.8, 4) is 0 Å². The van der Waals surface area contributed by atoms with E-state index in [1.54, 1.807) is 24.3 Å². The number of hydrogen-bond acceptors (Lipinski definition) is 4. The van der Waals surface area contributed by atoms with E-state index in [1.165, 1.54) is 11.4 Å². The van der Waals surface area contributed by atoms with E-state index >= 15 is 0 Å². The second-order valence-corrected chi connectivity index (χ2v) is 7.32. The number of sulfonamides is 1. The number of benzene rings is 1. The van der Waals surface area contributed by atoms with Crippen LogP contribution >= 0.6 is 0 Å². The topological polar surface area (TPSA) is 66.8 Å². The first kappa shape index (κ1) is 16.4. The zero-order valence-electron chi connectivity index (χ0n) is 12.7. The molecule has 6 heteroatoms. The maximum Gasteiger partial charge on any atom is 0.245 e. The van der Waals surface area contributed by atoms with Gasteiger partial charge in [-0.3, -0.25) is 0 Å². The molecule has 0 aliphatic carbocycles. The lowest BCUT2D eigenvalue weighted by Crippen LogP contribution is -2.69. The molecule has 0 radical (unpaired) electrons. The standard InChI is InChI=1S/C15H23NO4S/c1-4-5-6-13-14(17)15(20-3)16(13)21(18,19)12-9-7-11(2)8-10-12/h7-10,13-15,17H,4-6H2,1-3H3/t13-,14-,15+/m1/s1. The average molecular weight is 313 g/mol. The summed E-state index contributed by atoms with van der Waals surface area (Å²) in [5.74, 6) is 0. The van der Waals surface area contributed by atoms with E-state index in [-0.39, 0.29) is 4.90 Å². The summed E-state index contributed by atoms with van der Waals surface area (Å²) in [6, 6.07) is 6.33. The van der Waals surface area contributed by atoms with Crippen LogP contribution in [-0.4, -0.2) is 43.3 Å². The highest BCUT2D eigenvalue weighted by Gasteiger charge is 2.54. The predicted octanol–water partition coefficient (Wildman–Crippen LogP) is 1.89. The summed E-state index contributed by atoms with van der Waals surface area (Å²) in [5.41, 5.74) is 1.00. The van der Waals surface area contributed by atoms with Crippen LogP contribution in [0.4, 0.5) is 0 Å². The van der Waals surface area contributed by atoms with Crippen LogP contribution in [0.3, 0.4) is 0 Å². The van der Waals surface area contributed by atoms with Gasteiger partial charge in [-0.05, 0) is 25.5 Å². The SMILES string of the molecule is CCCC[C@@H]1[C@@H](O)[C@H](OC)N1S(=O)(=O)c1ccc(C)cc1. The molecule has 118 valence electrons. The third-order valence-corrected chi connectivity index (χ3v) is 5.86. The van der Waals surface area contributed by atoms with E-state index in [0.29, 0.717) is 6.42 Å². The number of hydrogen-bond donors (Lipinski definition) is 1. The smallest absolute Gasteiger partial charge is 0.245 e. The van der Waals surface area contributed by atoms with E-state index < -0.39 is 28.4 Å². The predicted molar refractivity (Wildman–Crippen MR) is 80.3 cm³/mol. The van der Waals surface area contributed by atoms with Crippen molar-refractivity contribution < 1.29 is 18.3 Å². The minimum Gasteiger partial charge on any atom is -0.387 e. The van der Waals surface area contributed by atoms with Gasteiger partial charge in [0.15, 0.2) is 6.23 Å². The first-order valence-electron chi connectivity index (χ1n) is 7.24. The number of aliphatic hydroxyl groups excluding tert-OH is 1. The highest BCUT2D eigenvalue weighted by Crippen LogP contribution is 2.36. The van der Waals surface area contributed by atoms with Gasteiger partial charge in [0.1, 0.15) is 6.10 Å². The van der Waals surface area contributed by atoms with Gasteiger partial charge in [-0.25, -0.2) is 8.42 Å². The summed E-state index contributed by atoms with van der Waals surface area (Å²) >= 11 is 0. The van der Waals surface area contributed by atoms with Crippen LogP contribution in [0.25, 0.3) is 0 Å². The van der Waals surface area contributed by atoms with Gasteiger partial charge in [0.05, 0.1) is 10.9 Å². The Morgan fingerprint density at radius 3 is 2.43 bits per heavy atom. The first-order valence-corrected chi connectivity index (χ1v) is 8.68. The van der Waals surface area contributed by atoms with E-state index in [0.717, 1.165) is 18.4 Å². The van der Waals surface area contributed by atoms with Crippen LogP contribution in [0.15, 0.2) is 29.2 Å². The number of unbranched alkanes of at least 4 members (excludes halogenated alkanes) is 1. The molecule has 1 heterocycles. The highest BCUT2D eigenvalue weighted by atomic mass is 32.2. The van der Waals surface area contributed by atoms with Crippen molar-refractivity contribution in [2.75, 3.05) is 7.11 Å². The summed E-state index contributed by atoms with van der Waals surface area (Å²) in [7, 11) is -2.23. The largest absolute Gasteiger partial charge is 0.387 e. The average Bonchev–Trinajstić information content (AvgIpc) is 2.45. The lowest BCUT2D eigenvalue weighted by molar-refractivity contribution is -0.185. The van der Waals surface area contributed by atoms with Crippen LogP contribution in [0.5, 0.6) is 0 Å². The van der Waals surface area contributed by atoms with Gasteiger partial charge >= 0.3 is 0 Å². The summed E-state index contributed by atoms with van der Waals surface area (Å²) in [4.78, 5) is 0.239. The van der Waals surface area contributed by atoms with Crippen molar-refractivity contribution in [2.24, 2.45) is 0 Å². The molecule has 0 spiro atoms. The van der Waals surface area contributed by atoms with Crippen LogP contribution in [0.2, 0.25) is 0 Å². The Bertz CT molecular complexity index is 570. The molecule has 2 rings (SSSR count). The number of aliphatic hydroxyl groups is 1. The summed E-state index contributed by atoms with van der Waals surface area (Å²) < 4.78 is 32.0. The number of methoxy groups -OCH3 is 1. The lowest BCUT2D eigenvalue weighted by atomic mass is 9.95. The summed E-state index contributed by atoms with van der Waals surface area (Å²) in [6.45, 7) is 3.95. The molecule has 1 aliphatic heterocycles. The van der Waals surface area contributed by atoms with Gasteiger partial charge in [0, 0.05) is 7.11 Å². The van der Waals surface area contributed by atoms with Crippen LogP contribution < -0.4 is 0 Å². The molecule has 0 saturated carbocycles. The Kier molecular flexibility index (Phi) is 5.03. The minimum atomic E-state index is -3.64. The molecule has 5 nitrogen and oxygen atoms in total. The van der Waals surface area contributed by atoms with E-state index in [2.05, 4.69) is 0 Å². The van der Waals surface area contributed by atoms with Crippen molar-refractivity contribution in [3.05, 3.63) is 29.8 Å². The zero-order chi connectivity index (χ0) is 15.6. The first-order chi connectivity index (χ1) is 9.93. The molecular formula is C15H23NO4S. The maximum absolute atomic E-state index is 12.7. The van der Waals surface area contributed by atoms with Gasteiger partial charge in [0.2, 0.25) is 10.0 Å². The number of aryl methyl sites for hydroxylation is 1. The summed E-state index contributed by atoms with van der Waals surface area (Å²) in [5, 5.41) is 10.1. The number of rotatable bonds is 6. The molecular weight excluding hydrogens is 290 g/mol. The molecule has 0 unspecified atom stereocenters. The Balaban J connectivity index is 2.29. The molecule has 0 bridgehead atoms. The van der Waals surface area contributed by atoms with Gasteiger partial charge in [-0.1, -0.05) is 37.5 Å². The fraction of sp³-hybridized carbons (Fsp3) is 0.600. The quantitative estimate of drug-likeness (QED) is 0.871. The lowest BCUT2D eigenvalue weighted by Gasteiger charge is -2.50. The van der Waals surface area contributed by atoms with E-state index in [1.807, 2.05) is 13.8 Å². The number of ether oxygens (including phenoxy) is 1. The molecule has 1 N–H and O–H groups in total. The Labute approximate surface area is 126 Å². The Morgan fingerprint density at radius 2 is 1.90 bits per heavy atom. The van der Waals surface area contributed by atoms with Gasteiger partial charge in [-0.15, -0.1) is 0 Å². The second-order valence-electron chi connectivity index (χ2n) is 5.47. The fourth-order valence-corrected chi connectivity index (χ4v) is 4.47. The maximum atomic E-state index is 12.7. The van der Waals surface area contributed by atoms with Crippen molar-refractivity contribution in [1.82, 2.24) is 4.31 Å². The minimum absolute atomic E-state index is 0.239. The van der Waals surface area contributed by atoms with Gasteiger partial charge in [-0.2, -0.15) is 4.31 Å². The molecule has 0 amide bonds. The van der Waals surface area contributed by atoms with Crippen LogP contribution in [0, 0.1) is 6.92 Å². The van der Waals surface area contributed by atoms with Gasteiger partial charge < -0.3 is 9.84 Å². The third kappa shape index (κ3) is 2.99. The van der Waals surface area contributed by atoms with Crippen molar-refractivity contribution in [2.45, 2.75) is 56.4 Å².